The van der Waals surface area contributed by atoms with E-state index in [0.717, 1.165) is 19.6 Å². The minimum absolute atomic E-state index is 0.954. The maximum Gasteiger partial charge on any atom is 0.0560 e. The number of nitrogens with zero attached hydrogens (tertiary/aromatic N) is 2. The van der Waals surface area contributed by atoms with Gasteiger partial charge in [0.2, 0.25) is 0 Å². The third-order valence-corrected chi connectivity index (χ3v) is 6.05. The second-order valence-electron chi connectivity index (χ2n) is 6.51. The van der Waals surface area contributed by atoms with Crippen LogP contribution in [0.5, 0.6) is 0 Å². The molecule has 4 rings (SSSR count). The Hall–Kier alpha value is -2.39. The van der Waals surface area contributed by atoms with Gasteiger partial charge in [0.1, 0.15) is 0 Å². The van der Waals surface area contributed by atoms with Gasteiger partial charge in [-0.15, -0.1) is 0 Å². The molecule has 3 aromatic carbocycles. The molecule has 3 heteroatoms. The second-order valence-corrected chi connectivity index (χ2v) is 7.60. The fourth-order valence-electron chi connectivity index (χ4n) is 3.52. The zero-order valence-corrected chi connectivity index (χ0v) is 16.2. The normalized spacial score (nSPS) is 13.5. The van der Waals surface area contributed by atoms with Crippen molar-refractivity contribution in [1.82, 2.24) is 4.31 Å². The van der Waals surface area contributed by atoms with Crippen molar-refractivity contribution in [3.05, 3.63) is 78.0 Å². The highest BCUT2D eigenvalue weighted by molar-refractivity contribution is 7.97. The summed E-state index contributed by atoms with van der Waals surface area (Å²) in [6, 6.07) is 22.0. The molecule has 2 nitrogen and oxygen atoms in total. The first-order valence-electron chi connectivity index (χ1n) is 9.27. The molecule has 0 N–H and O–H groups in total. The molecule has 1 heterocycles. The average Bonchev–Trinajstić information content (AvgIpc) is 3.12. The van der Waals surface area contributed by atoms with Gasteiger partial charge in [-0.05, 0) is 72.0 Å². The fraction of sp³-hybridized carbons (Fsp3) is 0.217. The van der Waals surface area contributed by atoms with Gasteiger partial charge in [-0.3, -0.25) is 0 Å². The molecule has 0 amide bonds. The molecule has 132 valence electrons. The van der Waals surface area contributed by atoms with Crippen LogP contribution in [0, 0.1) is 0 Å². The first-order valence-corrected chi connectivity index (χ1v) is 10.0. The Kier molecular flexibility index (Phi) is 4.89. The Labute approximate surface area is 160 Å². The predicted molar refractivity (Wildman–Crippen MR) is 114 cm³/mol. The Bertz CT molecular complexity index is 927. The van der Waals surface area contributed by atoms with Crippen LogP contribution in [0.25, 0.3) is 16.8 Å². The Balaban J connectivity index is 1.49. The molecule has 26 heavy (non-hydrogen) atoms. The van der Waals surface area contributed by atoms with E-state index in [1.165, 1.54) is 32.5 Å². The number of rotatable bonds is 5. The second kappa shape index (κ2) is 7.46. The van der Waals surface area contributed by atoms with Gasteiger partial charge in [0.25, 0.3) is 0 Å². The Morgan fingerprint density at radius 3 is 2.50 bits per heavy atom. The van der Waals surface area contributed by atoms with Crippen molar-refractivity contribution in [2.24, 2.45) is 0 Å². The summed E-state index contributed by atoms with van der Waals surface area (Å²) in [6.45, 7) is 7.44. The smallest absolute Gasteiger partial charge is 0.0560 e. The summed E-state index contributed by atoms with van der Waals surface area (Å²) < 4.78 is 2.31. The summed E-state index contributed by atoms with van der Waals surface area (Å²) in [4.78, 5) is 3.73. The number of anilines is 1. The summed E-state index contributed by atoms with van der Waals surface area (Å²) in [5.74, 6) is 0. The molecule has 0 atom stereocenters. The van der Waals surface area contributed by atoms with Gasteiger partial charge >= 0.3 is 0 Å². The van der Waals surface area contributed by atoms with Crippen LogP contribution in [-0.4, -0.2) is 17.4 Å². The van der Waals surface area contributed by atoms with Crippen molar-refractivity contribution in [3.63, 3.8) is 0 Å². The molecule has 3 aromatic rings. The maximum absolute atomic E-state index is 2.37. The summed E-state index contributed by atoms with van der Waals surface area (Å²) in [6.07, 6.45) is 4.40. The van der Waals surface area contributed by atoms with E-state index >= 15 is 0 Å². The molecule has 0 fully saturated rings. The zero-order chi connectivity index (χ0) is 17.9. The van der Waals surface area contributed by atoms with Crippen molar-refractivity contribution in [1.29, 1.82) is 0 Å². The van der Waals surface area contributed by atoms with Crippen LogP contribution < -0.4 is 4.90 Å². The first kappa shape index (κ1) is 17.0. The fourth-order valence-corrected chi connectivity index (χ4v) is 4.50. The highest BCUT2D eigenvalue weighted by Gasteiger charge is 2.19. The van der Waals surface area contributed by atoms with E-state index in [2.05, 4.69) is 96.0 Å². The Morgan fingerprint density at radius 2 is 1.73 bits per heavy atom. The van der Waals surface area contributed by atoms with Gasteiger partial charge in [-0.1, -0.05) is 42.5 Å². The van der Waals surface area contributed by atoms with Crippen LogP contribution in [-0.2, 0) is 6.54 Å². The van der Waals surface area contributed by atoms with Crippen molar-refractivity contribution >= 4 is 34.5 Å². The molecule has 0 spiro atoms. The maximum atomic E-state index is 2.37. The monoisotopic (exact) mass is 360 g/mol. The van der Waals surface area contributed by atoms with Gasteiger partial charge in [0.15, 0.2) is 0 Å². The quantitative estimate of drug-likeness (QED) is 0.502. The van der Waals surface area contributed by atoms with E-state index in [0.29, 0.717) is 0 Å². The average molecular weight is 361 g/mol. The largest absolute Gasteiger partial charge is 0.372 e. The summed E-state index contributed by atoms with van der Waals surface area (Å²) >= 11 is 1.82. The third-order valence-electron chi connectivity index (χ3n) is 4.98. The van der Waals surface area contributed by atoms with E-state index in [4.69, 9.17) is 0 Å². The SMILES string of the molecule is CCN(CC)c1ccc(C=CN2Cc3c(ccc4ccccc34)S2)cc1. The summed E-state index contributed by atoms with van der Waals surface area (Å²) in [5.41, 5.74) is 3.97. The lowest BCUT2D eigenvalue weighted by atomic mass is 10.0. The predicted octanol–water partition coefficient (Wildman–Crippen LogP) is 6.18. The molecule has 0 unspecified atom stereocenters. The van der Waals surface area contributed by atoms with Crippen molar-refractivity contribution in [2.45, 2.75) is 25.3 Å². The van der Waals surface area contributed by atoms with Crippen LogP contribution in [0.3, 0.4) is 0 Å². The van der Waals surface area contributed by atoms with Gasteiger partial charge in [-0.25, -0.2) is 0 Å². The minimum atomic E-state index is 0.954. The number of hydrogen-bond donors (Lipinski definition) is 0. The molecule has 0 radical (unpaired) electrons. The highest BCUT2D eigenvalue weighted by atomic mass is 32.2. The van der Waals surface area contributed by atoms with E-state index < -0.39 is 0 Å². The summed E-state index contributed by atoms with van der Waals surface area (Å²) in [7, 11) is 0. The van der Waals surface area contributed by atoms with Gasteiger partial charge in [0, 0.05) is 29.9 Å². The van der Waals surface area contributed by atoms with Crippen LogP contribution in [0.2, 0.25) is 0 Å². The van der Waals surface area contributed by atoms with Crippen molar-refractivity contribution in [2.75, 3.05) is 18.0 Å². The van der Waals surface area contributed by atoms with E-state index in [1.54, 1.807) is 0 Å². The standard InChI is InChI=1S/C23H24N2S/c1-3-24(4-2)20-12-9-18(10-13-20)15-16-25-17-22-21-8-6-5-7-19(21)11-14-23(22)26-25/h5-16H,3-4,17H2,1-2H3. The van der Waals surface area contributed by atoms with E-state index in [9.17, 15) is 0 Å². The lowest BCUT2D eigenvalue weighted by molar-refractivity contribution is 0.643. The summed E-state index contributed by atoms with van der Waals surface area (Å²) in [5, 5.41) is 2.70. The van der Waals surface area contributed by atoms with Crippen molar-refractivity contribution in [3.8, 4) is 0 Å². The number of fused-ring (bicyclic) bond motifs is 3. The highest BCUT2D eigenvalue weighted by Crippen LogP contribution is 2.40. The number of hydrogen-bond acceptors (Lipinski definition) is 3. The molecular weight excluding hydrogens is 336 g/mol. The molecule has 0 saturated carbocycles. The number of benzene rings is 3. The van der Waals surface area contributed by atoms with Gasteiger partial charge < -0.3 is 9.21 Å². The van der Waals surface area contributed by atoms with Crippen LogP contribution >= 0.6 is 11.9 Å². The van der Waals surface area contributed by atoms with Gasteiger partial charge in [0.05, 0.1) is 6.54 Å². The third kappa shape index (κ3) is 3.32. The molecule has 0 aromatic heterocycles. The minimum Gasteiger partial charge on any atom is -0.372 e. The molecule has 0 aliphatic carbocycles. The van der Waals surface area contributed by atoms with Crippen molar-refractivity contribution < 1.29 is 0 Å². The van der Waals surface area contributed by atoms with Crippen LogP contribution in [0.4, 0.5) is 5.69 Å². The molecule has 1 aliphatic heterocycles. The molecular formula is C23H24N2S. The van der Waals surface area contributed by atoms with Gasteiger partial charge in [-0.2, -0.15) is 0 Å². The van der Waals surface area contributed by atoms with E-state index in [-0.39, 0.29) is 0 Å². The van der Waals surface area contributed by atoms with E-state index in [1.807, 2.05) is 11.9 Å². The molecule has 0 saturated heterocycles. The molecule has 1 aliphatic rings. The van der Waals surface area contributed by atoms with Crippen LogP contribution in [0.15, 0.2) is 71.8 Å². The van der Waals surface area contributed by atoms with Crippen LogP contribution in [0.1, 0.15) is 25.0 Å². The first-order chi connectivity index (χ1) is 12.8. The lowest BCUT2D eigenvalue weighted by Crippen LogP contribution is -2.21. The zero-order valence-electron chi connectivity index (χ0n) is 15.4. The Morgan fingerprint density at radius 1 is 0.962 bits per heavy atom. The topological polar surface area (TPSA) is 6.48 Å². The molecule has 0 bridgehead atoms. The lowest BCUT2D eigenvalue weighted by Gasteiger charge is -2.20.